The number of rotatable bonds is 5. The molecule has 1 N–H and O–H groups in total. The molecule has 2 heterocycles. The van der Waals surface area contributed by atoms with Gasteiger partial charge < -0.3 is 14.6 Å². The molecule has 4 nitrogen and oxygen atoms in total. The quantitative estimate of drug-likeness (QED) is 0.908. The third-order valence-corrected chi connectivity index (χ3v) is 3.59. The van der Waals surface area contributed by atoms with Crippen LogP contribution < -0.4 is 0 Å². The standard InChI is InChI=1S/C12H17BrN2O2/c13-10-8-11(12(16)17)15(9-10)7-3-6-14-4-1-2-5-14/h8-9H,1-7H2,(H,16,17). The van der Waals surface area contributed by atoms with E-state index >= 15 is 0 Å². The van der Waals surface area contributed by atoms with Crippen LogP contribution in [0.5, 0.6) is 0 Å². The summed E-state index contributed by atoms with van der Waals surface area (Å²) in [5.41, 5.74) is 0.360. The molecule has 1 aliphatic rings. The fraction of sp³-hybridized carbons (Fsp3) is 0.583. The van der Waals surface area contributed by atoms with Crippen molar-refractivity contribution >= 4 is 21.9 Å². The summed E-state index contributed by atoms with van der Waals surface area (Å²) in [5.74, 6) is -0.864. The molecular formula is C12H17BrN2O2. The SMILES string of the molecule is O=C(O)c1cc(Br)cn1CCCN1CCCC1. The largest absolute Gasteiger partial charge is 0.477 e. The topological polar surface area (TPSA) is 45.5 Å². The predicted molar refractivity (Wildman–Crippen MR) is 69.4 cm³/mol. The molecule has 94 valence electrons. The molecule has 0 bridgehead atoms. The zero-order chi connectivity index (χ0) is 12.3. The van der Waals surface area contributed by atoms with Crippen molar-refractivity contribution in [2.75, 3.05) is 19.6 Å². The molecule has 0 aromatic carbocycles. The maximum atomic E-state index is 11.0. The van der Waals surface area contributed by atoms with Crippen LogP contribution >= 0.6 is 15.9 Å². The van der Waals surface area contributed by atoms with Crippen LogP contribution in [0.15, 0.2) is 16.7 Å². The molecule has 0 unspecified atom stereocenters. The Bertz CT molecular complexity index is 397. The summed E-state index contributed by atoms with van der Waals surface area (Å²) in [6.07, 6.45) is 5.44. The van der Waals surface area contributed by atoms with E-state index in [4.69, 9.17) is 5.11 Å². The van der Waals surface area contributed by atoms with Gasteiger partial charge in [0, 0.05) is 17.2 Å². The minimum atomic E-state index is -0.864. The summed E-state index contributed by atoms with van der Waals surface area (Å²) in [4.78, 5) is 13.4. The second kappa shape index (κ2) is 5.69. The molecule has 0 spiro atoms. The lowest BCUT2D eigenvalue weighted by molar-refractivity contribution is 0.0684. The monoisotopic (exact) mass is 300 g/mol. The smallest absolute Gasteiger partial charge is 0.352 e. The van der Waals surface area contributed by atoms with Gasteiger partial charge in [0.2, 0.25) is 0 Å². The van der Waals surface area contributed by atoms with Gasteiger partial charge in [-0.1, -0.05) is 0 Å². The lowest BCUT2D eigenvalue weighted by Gasteiger charge is -2.14. The van der Waals surface area contributed by atoms with E-state index in [1.54, 1.807) is 6.07 Å². The highest BCUT2D eigenvalue weighted by Gasteiger charge is 2.13. The van der Waals surface area contributed by atoms with Gasteiger partial charge in [0.05, 0.1) is 0 Å². The van der Waals surface area contributed by atoms with Gasteiger partial charge >= 0.3 is 5.97 Å². The number of halogens is 1. The van der Waals surface area contributed by atoms with Crippen LogP contribution in [0.3, 0.4) is 0 Å². The average Bonchev–Trinajstić information content (AvgIpc) is 2.88. The van der Waals surface area contributed by atoms with Crippen molar-refractivity contribution in [3.8, 4) is 0 Å². The predicted octanol–water partition coefficient (Wildman–Crippen LogP) is 2.43. The van der Waals surface area contributed by atoms with Gasteiger partial charge in [0.15, 0.2) is 0 Å². The highest BCUT2D eigenvalue weighted by atomic mass is 79.9. The molecule has 0 amide bonds. The lowest BCUT2D eigenvalue weighted by Crippen LogP contribution is -2.22. The Labute approximate surface area is 109 Å². The van der Waals surface area contributed by atoms with Crippen LogP contribution in [0.2, 0.25) is 0 Å². The summed E-state index contributed by atoms with van der Waals surface area (Å²) in [5, 5.41) is 9.04. The molecule has 0 atom stereocenters. The summed E-state index contributed by atoms with van der Waals surface area (Å²) in [6, 6.07) is 1.65. The van der Waals surface area contributed by atoms with Crippen LogP contribution in [0, 0.1) is 0 Å². The van der Waals surface area contributed by atoms with Crippen molar-refractivity contribution in [2.24, 2.45) is 0 Å². The number of aromatic nitrogens is 1. The van der Waals surface area contributed by atoms with Crippen LogP contribution in [0.1, 0.15) is 29.8 Å². The van der Waals surface area contributed by atoms with Gasteiger partial charge in [0.25, 0.3) is 0 Å². The van der Waals surface area contributed by atoms with Gasteiger partial charge in [-0.05, 0) is 60.9 Å². The average molecular weight is 301 g/mol. The minimum Gasteiger partial charge on any atom is -0.477 e. The highest BCUT2D eigenvalue weighted by molar-refractivity contribution is 9.10. The van der Waals surface area contributed by atoms with Gasteiger partial charge in [-0.2, -0.15) is 0 Å². The molecule has 17 heavy (non-hydrogen) atoms. The first-order chi connectivity index (χ1) is 8.16. The van der Waals surface area contributed by atoms with Crippen molar-refractivity contribution in [1.29, 1.82) is 0 Å². The van der Waals surface area contributed by atoms with Crippen LogP contribution in [0.25, 0.3) is 0 Å². The van der Waals surface area contributed by atoms with E-state index in [-0.39, 0.29) is 0 Å². The van der Waals surface area contributed by atoms with E-state index in [1.165, 1.54) is 25.9 Å². The van der Waals surface area contributed by atoms with Crippen LogP contribution in [0.4, 0.5) is 0 Å². The number of nitrogens with zero attached hydrogens (tertiary/aromatic N) is 2. The molecular weight excluding hydrogens is 284 g/mol. The maximum absolute atomic E-state index is 11.0. The Hall–Kier alpha value is -0.810. The Morgan fingerprint density at radius 3 is 2.71 bits per heavy atom. The van der Waals surface area contributed by atoms with Crippen molar-refractivity contribution in [2.45, 2.75) is 25.8 Å². The lowest BCUT2D eigenvalue weighted by atomic mass is 10.3. The van der Waals surface area contributed by atoms with Crippen LogP contribution in [-0.2, 0) is 6.54 Å². The number of carboxylic acids is 1. The van der Waals surface area contributed by atoms with Crippen LogP contribution in [-0.4, -0.2) is 40.2 Å². The number of carbonyl (C=O) groups is 1. The van der Waals surface area contributed by atoms with Gasteiger partial charge in [0.1, 0.15) is 5.69 Å². The highest BCUT2D eigenvalue weighted by Crippen LogP contribution is 2.16. The number of likely N-dealkylation sites (tertiary alicyclic amines) is 1. The van der Waals surface area contributed by atoms with Gasteiger partial charge in [-0.25, -0.2) is 4.79 Å². The Morgan fingerprint density at radius 2 is 2.06 bits per heavy atom. The van der Waals surface area contributed by atoms with Crippen molar-refractivity contribution in [3.05, 3.63) is 22.4 Å². The van der Waals surface area contributed by atoms with Gasteiger partial charge in [-0.3, -0.25) is 0 Å². The molecule has 1 fully saturated rings. The van der Waals surface area contributed by atoms with Crippen molar-refractivity contribution < 1.29 is 9.90 Å². The zero-order valence-electron chi connectivity index (χ0n) is 9.73. The summed E-state index contributed by atoms with van der Waals surface area (Å²) >= 11 is 3.31. The molecule has 1 aromatic rings. The van der Waals surface area contributed by atoms with E-state index < -0.39 is 5.97 Å². The normalized spacial score (nSPS) is 16.5. The van der Waals surface area contributed by atoms with E-state index in [0.717, 1.165) is 24.0 Å². The first-order valence-corrected chi connectivity index (χ1v) is 6.77. The molecule has 1 aromatic heterocycles. The maximum Gasteiger partial charge on any atom is 0.352 e. The Kier molecular flexibility index (Phi) is 4.23. The van der Waals surface area contributed by atoms with E-state index in [1.807, 2.05) is 10.8 Å². The summed E-state index contributed by atoms with van der Waals surface area (Å²) < 4.78 is 2.64. The number of carboxylic acid groups (broad SMARTS) is 1. The summed E-state index contributed by atoms with van der Waals surface area (Å²) in [6.45, 7) is 4.22. The van der Waals surface area contributed by atoms with E-state index in [2.05, 4.69) is 20.8 Å². The minimum absolute atomic E-state index is 0.360. The summed E-state index contributed by atoms with van der Waals surface area (Å²) in [7, 11) is 0. The molecule has 2 rings (SSSR count). The third-order valence-electron chi connectivity index (χ3n) is 3.15. The number of hydrogen-bond acceptors (Lipinski definition) is 2. The molecule has 5 heteroatoms. The van der Waals surface area contributed by atoms with Gasteiger partial charge in [-0.15, -0.1) is 0 Å². The van der Waals surface area contributed by atoms with E-state index in [9.17, 15) is 4.79 Å². The number of hydrogen-bond donors (Lipinski definition) is 1. The Balaban J connectivity index is 1.87. The molecule has 0 radical (unpaired) electrons. The number of aryl methyl sites for hydroxylation is 1. The second-order valence-corrected chi connectivity index (χ2v) is 5.36. The third kappa shape index (κ3) is 3.33. The molecule has 0 aliphatic carbocycles. The zero-order valence-corrected chi connectivity index (χ0v) is 11.3. The fourth-order valence-corrected chi connectivity index (χ4v) is 2.77. The Morgan fingerprint density at radius 1 is 1.35 bits per heavy atom. The number of aromatic carboxylic acids is 1. The van der Waals surface area contributed by atoms with E-state index in [0.29, 0.717) is 5.69 Å². The van der Waals surface area contributed by atoms with Crippen molar-refractivity contribution in [3.63, 3.8) is 0 Å². The van der Waals surface area contributed by atoms with Crippen molar-refractivity contribution in [1.82, 2.24) is 9.47 Å². The molecule has 1 saturated heterocycles. The first kappa shape index (κ1) is 12.6. The second-order valence-electron chi connectivity index (χ2n) is 4.44. The molecule has 0 saturated carbocycles. The molecule has 1 aliphatic heterocycles. The first-order valence-electron chi connectivity index (χ1n) is 5.98. The fourth-order valence-electron chi connectivity index (χ4n) is 2.31.